The SMILES string of the molecule is CCCN(CC(=O)Nc1cc(C(C)(C)C)nn1-c1ccc(Cl)c(Cl)c1)C(=O)C(CC)c1ccccc1. The van der Waals surface area contributed by atoms with Crippen LogP contribution in [0.25, 0.3) is 5.69 Å². The van der Waals surface area contributed by atoms with Gasteiger partial charge in [0.2, 0.25) is 11.8 Å². The Bertz CT molecular complexity index is 1200. The first kappa shape index (κ1) is 27.8. The van der Waals surface area contributed by atoms with Crippen LogP contribution in [0.4, 0.5) is 5.82 Å². The van der Waals surface area contributed by atoms with Crippen LogP contribution in [0, 0.1) is 0 Å². The fourth-order valence-corrected chi connectivity index (χ4v) is 4.29. The summed E-state index contributed by atoms with van der Waals surface area (Å²) in [6, 6.07) is 16.8. The molecule has 3 aromatic rings. The lowest BCUT2D eigenvalue weighted by molar-refractivity contribution is -0.136. The maximum atomic E-state index is 13.4. The number of amides is 2. The van der Waals surface area contributed by atoms with Crippen LogP contribution in [-0.2, 0) is 15.0 Å². The normalized spacial score (nSPS) is 12.3. The van der Waals surface area contributed by atoms with Gasteiger partial charge in [0.1, 0.15) is 5.82 Å². The van der Waals surface area contributed by atoms with Gasteiger partial charge >= 0.3 is 0 Å². The standard InChI is InChI=1S/C28H34Cl2N4O2/c1-6-15-33(27(36)21(7-2)19-11-9-8-10-12-19)18-26(35)31-25-17-24(28(3,4)5)32-34(25)20-13-14-22(29)23(30)16-20/h8-14,16-17,21H,6-7,15,18H2,1-5H3,(H,31,35). The Kier molecular flexibility index (Phi) is 9.20. The van der Waals surface area contributed by atoms with Crippen LogP contribution in [0.1, 0.15) is 64.6 Å². The second-order valence-electron chi connectivity index (χ2n) is 9.85. The fraction of sp³-hybridized carbons (Fsp3) is 0.393. The zero-order valence-corrected chi connectivity index (χ0v) is 23.0. The Morgan fingerprint density at radius 2 is 1.72 bits per heavy atom. The van der Waals surface area contributed by atoms with Gasteiger partial charge in [0, 0.05) is 18.0 Å². The van der Waals surface area contributed by atoms with Crippen LogP contribution in [0.3, 0.4) is 0 Å². The maximum absolute atomic E-state index is 13.4. The van der Waals surface area contributed by atoms with Crippen LogP contribution in [0.5, 0.6) is 0 Å². The molecule has 0 saturated carbocycles. The third-order valence-corrected chi connectivity index (χ3v) is 6.68. The molecule has 1 N–H and O–H groups in total. The highest BCUT2D eigenvalue weighted by molar-refractivity contribution is 6.42. The topological polar surface area (TPSA) is 67.2 Å². The summed E-state index contributed by atoms with van der Waals surface area (Å²) in [5.74, 6) is -0.127. The van der Waals surface area contributed by atoms with Crippen molar-refractivity contribution in [3.63, 3.8) is 0 Å². The fourth-order valence-electron chi connectivity index (χ4n) is 4.00. The summed E-state index contributed by atoms with van der Waals surface area (Å²) in [6.07, 6.45) is 1.41. The molecule has 0 aliphatic carbocycles. The van der Waals surface area contributed by atoms with Crippen molar-refractivity contribution in [2.75, 3.05) is 18.4 Å². The number of benzene rings is 2. The molecular formula is C28H34Cl2N4O2. The monoisotopic (exact) mass is 528 g/mol. The summed E-state index contributed by atoms with van der Waals surface area (Å²) in [5, 5.41) is 8.53. The molecule has 1 aromatic heterocycles. The minimum absolute atomic E-state index is 0.0472. The molecule has 1 atom stereocenters. The van der Waals surface area contributed by atoms with E-state index in [2.05, 4.69) is 26.1 Å². The quantitative estimate of drug-likeness (QED) is 0.330. The van der Waals surface area contributed by atoms with Crippen molar-refractivity contribution >= 4 is 40.8 Å². The van der Waals surface area contributed by atoms with Crippen LogP contribution < -0.4 is 5.32 Å². The minimum atomic E-state index is -0.292. The lowest BCUT2D eigenvalue weighted by Gasteiger charge is -2.26. The lowest BCUT2D eigenvalue weighted by Crippen LogP contribution is -2.41. The van der Waals surface area contributed by atoms with Crippen LogP contribution in [0.15, 0.2) is 54.6 Å². The van der Waals surface area contributed by atoms with Gasteiger partial charge in [-0.3, -0.25) is 9.59 Å². The largest absolute Gasteiger partial charge is 0.333 e. The highest BCUT2D eigenvalue weighted by atomic mass is 35.5. The van der Waals surface area contributed by atoms with Crippen LogP contribution >= 0.6 is 23.2 Å². The number of halogens is 2. The van der Waals surface area contributed by atoms with Crippen molar-refractivity contribution in [3.05, 3.63) is 75.9 Å². The minimum Gasteiger partial charge on any atom is -0.333 e. The molecule has 1 heterocycles. The predicted molar refractivity (Wildman–Crippen MR) is 147 cm³/mol. The van der Waals surface area contributed by atoms with Gasteiger partial charge in [0.05, 0.1) is 33.9 Å². The third kappa shape index (κ3) is 6.68. The number of nitrogens with one attached hydrogen (secondary N) is 1. The molecule has 2 aromatic carbocycles. The van der Waals surface area contributed by atoms with E-state index in [0.717, 1.165) is 17.7 Å². The molecule has 192 valence electrons. The summed E-state index contributed by atoms with van der Waals surface area (Å²) in [6.45, 7) is 10.6. The average Bonchev–Trinajstić information content (AvgIpc) is 3.26. The van der Waals surface area contributed by atoms with E-state index in [4.69, 9.17) is 28.3 Å². The second kappa shape index (κ2) is 11.9. The first-order valence-electron chi connectivity index (χ1n) is 12.2. The molecule has 0 aliphatic heterocycles. The van der Waals surface area contributed by atoms with Gasteiger partial charge in [-0.1, -0.05) is 88.2 Å². The Hall–Kier alpha value is -2.83. The zero-order chi connectivity index (χ0) is 26.5. The number of aromatic nitrogens is 2. The molecule has 3 rings (SSSR count). The first-order chi connectivity index (χ1) is 17.0. The predicted octanol–water partition coefficient (Wildman–Crippen LogP) is 6.85. The molecule has 1 unspecified atom stereocenters. The molecule has 6 nitrogen and oxygen atoms in total. The van der Waals surface area contributed by atoms with Crippen molar-refractivity contribution in [2.45, 2.75) is 58.8 Å². The Labute approximate surface area is 223 Å². The van der Waals surface area contributed by atoms with Gasteiger partial charge in [-0.2, -0.15) is 5.10 Å². The van der Waals surface area contributed by atoms with E-state index in [1.165, 1.54) is 0 Å². The van der Waals surface area contributed by atoms with E-state index < -0.39 is 0 Å². The Morgan fingerprint density at radius 3 is 2.31 bits per heavy atom. The van der Waals surface area contributed by atoms with E-state index in [-0.39, 0.29) is 29.7 Å². The first-order valence-corrected chi connectivity index (χ1v) is 13.0. The van der Waals surface area contributed by atoms with E-state index in [1.807, 2.05) is 50.2 Å². The van der Waals surface area contributed by atoms with Crippen LogP contribution in [-0.4, -0.2) is 39.6 Å². The molecule has 0 radical (unpaired) electrons. The molecule has 0 aliphatic rings. The van der Waals surface area contributed by atoms with Crippen molar-refractivity contribution in [3.8, 4) is 5.69 Å². The van der Waals surface area contributed by atoms with Crippen molar-refractivity contribution in [2.24, 2.45) is 0 Å². The lowest BCUT2D eigenvalue weighted by atomic mass is 9.92. The van der Waals surface area contributed by atoms with Gasteiger partial charge in [0.25, 0.3) is 0 Å². The summed E-state index contributed by atoms with van der Waals surface area (Å²) in [7, 11) is 0. The maximum Gasteiger partial charge on any atom is 0.245 e. The number of nitrogens with zero attached hydrogens (tertiary/aromatic N) is 3. The van der Waals surface area contributed by atoms with E-state index in [9.17, 15) is 9.59 Å². The Morgan fingerprint density at radius 1 is 1.03 bits per heavy atom. The number of hydrogen-bond donors (Lipinski definition) is 1. The number of carbonyl (C=O) groups is 2. The molecule has 8 heteroatoms. The number of anilines is 1. The highest BCUT2D eigenvalue weighted by Gasteiger charge is 2.27. The number of hydrogen-bond acceptors (Lipinski definition) is 3. The van der Waals surface area contributed by atoms with Gasteiger partial charge < -0.3 is 10.2 Å². The number of rotatable bonds is 9. The smallest absolute Gasteiger partial charge is 0.245 e. The summed E-state index contributed by atoms with van der Waals surface area (Å²) in [4.78, 5) is 28.3. The van der Waals surface area contributed by atoms with Gasteiger partial charge in [-0.05, 0) is 36.6 Å². The molecule has 0 bridgehead atoms. The van der Waals surface area contributed by atoms with Crippen molar-refractivity contribution in [1.82, 2.24) is 14.7 Å². The summed E-state index contributed by atoms with van der Waals surface area (Å²) in [5.41, 5.74) is 2.20. The summed E-state index contributed by atoms with van der Waals surface area (Å²) < 4.78 is 1.64. The number of carbonyl (C=O) groups excluding carboxylic acids is 2. The molecule has 0 spiro atoms. The second-order valence-corrected chi connectivity index (χ2v) is 10.7. The van der Waals surface area contributed by atoms with E-state index in [0.29, 0.717) is 34.5 Å². The molecule has 2 amide bonds. The average molecular weight is 530 g/mol. The molecule has 0 fully saturated rings. The van der Waals surface area contributed by atoms with Crippen molar-refractivity contribution < 1.29 is 9.59 Å². The molecule has 36 heavy (non-hydrogen) atoms. The van der Waals surface area contributed by atoms with Gasteiger partial charge in [-0.15, -0.1) is 0 Å². The summed E-state index contributed by atoms with van der Waals surface area (Å²) >= 11 is 12.3. The zero-order valence-electron chi connectivity index (χ0n) is 21.5. The van der Waals surface area contributed by atoms with E-state index in [1.54, 1.807) is 27.8 Å². The van der Waals surface area contributed by atoms with Gasteiger partial charge in [0.15, 0.2) is 0 Å². The van der Waals surface area contributed by atoms with Crippen molar-refractivity contribution in [1.29, 1.82) is 0 Å². The van der Waals surface area contributed by atoms with Gasteiger partial charge in [-0.25, -0.2) is 4.68 Å². The van der Waals surface area contributed by atoms with Crippen LogP contribution in [0.2, 0.25) is 10.0 Å². The highest BCUT2D eigenvalue weighted by Crippen LogP contribution is 2.30. The molecular weight excluding hydrogens is 495 g/mol. The van der Waals surface area contributed by atoms with E-state index >= 15 is 0 Å². The third-order valence-electron chi connectivity index (χ3n) is 5.94. The molecule has 0 saturated heterocycles. The Balaban J connectivity index is 1.86.